The topological polar surface area (TPSA) is 83.8 Å². The van der Waals surface area contributed by atoms with Gasteiger partial charge >= 0.3 is 5.97 Å². The zero-order chi connectivity index (χ0) is 20.2. The van der Waals surface area contributed by atoms with Gasteiger partial charge in [0.2, 0.25) is 0 Å². The number of hydrogen-bond donors (Lipinski definition) is 2. The van der Waals surface area contributed by atoms with Gasteiger partial charge in [-0.25, -0.2) is 0 Å². The van der Waals surface area contributed by atoms with Gasteiger partial charge in [-0.05, 0) is 39.5 Å². The Balaban J connectivity index is 2.40. The van der Waals surface area contributed by atoms with Gasteiger partial charge < -0.3 is 14.9 Å². The Morgan fingerprint density at radius 2 is 1.96 bits per heavy atom. The van der Waals surface area contributed by atoms with Crippen molar-refractivity contribution in [1.29, 1.82) is 0 Å². The van der Waals surface area contributed by atoms with Crippen LogP contribution in [0.25, 0.3) is 0 Å². The number of carbonyl (C=O) groups is 2. The molecule has 5 nitrogen and oxygen atoms in total. The van der Waals surface area contributed by atoms with Gasteiger partial charge in [0.15, 0.2) is 0 Å². The lowest BCUT2D eigenvalue weighted by Crippen LogP contribution is -2.19. The molecular weight excluding hydrogens is 344 g/mol. The fraction of sp³-hybridized carbons (Fsp3) is 0.727. The molecular formula is C22H36O5. The molecule has 0 bridgehead atoms. The normalized spacial score (nSPS) is 23.6. The first-order valence-corrected chi connectivity index (χ1v) is 10.1. The summed E-state index contributed by atoms with van der Waals surface area (Å²) in [5.74, 6) is -0.435. The first-order valence-electron chi connectivity index (χ1n) is 10.1. The summed E-state index contributed by atoms with van der Waals surface area (Å²) in [6.45, 7) is 4.06. The molecule has 0 amide bonds. The third-order valence-corrected chi connectivity index (χ3v) is 5.18. The molecule has 0 radical (unpaired) electrons. The molecule has 154 valence electrons. The zero-order valence-electron chi connectivity index (χ0n) is 17.0. The average molecular weight is 381 g/mol. The number of methoxy groups -OCH3 is 1. The number of esters is 1. The summed E-state index contributed by atoms with van der Waals surface area (Å²) in [5.41, 5.74) is 1.23. The van der Waals surface area contributed by atoms with Crippen molar-refractivity contribution in [2.75, 3.05) is 7.11 Å². The number of carbonyl (C=O) groups excluding carboxylic acids is 2. The van der Waals surface area contributed by atoms with Crippen molar-refractivity contribution < 1.29 is 24.5 Å². The van der Waals surface area contributed by atoms with Crippen LogP contribution in [0.3, 0.4) is 0 Å². The molecule has 2 N–H and O–H groups in total. The maximum atomic E-state index is 12.2. The van der Waals surface area contributed by atoms with Crippen molar-refractivity contribution in [3.05, 3.63) is 23.8 Å². The molecule has 5 heteroatoms. The fourth-order valence-electron chi connectivity index (χ4n) is 3.58. The van der Waals surface area contributed by atoms with Crippen LogP contribution in [0, 0.1) is 11.8 Å². The molecule has 0 saturated heterocycles. The van der Waals surface area contributed by atoms with E-state index < -0.39 is 12.2 Å². The third-order valence-electron chi connectivity index (χ3n) is 5.18. The molecule has 0 aromatic heterocycles. The molecule has 0 spiro atoms. The second-order valence-corrected chi connectivity index (χ2v) is 7.76. The Labute approximate surface area is 163 Å². The summed E-state index contributed by atoms with van der Waals surface area (Å²) < 4.78 is 4.62. The van der Waals surface area contributed by atoms with E-state index in [2.05, 4.69) is 10.8 Å². The molecule has 27 heavy (non-hydrogen) atoms. The largest absolute Gasteiger partial charge is 0.469 e. The van der Waals surface area contributed by atoms with Gasteiger partial charge in [0, 0.05) is 24.7 Å². The lowest BCUT2D eigenvalue weighted by atomic mass is 9.88. The van der Waals surface area contributed by atoms with E-state index in [0.717, 1.165) is 38.5 Å². The number of allylic oxidation sites excluding steroid dienone is 2. The summed E-state index contributed by atoms with van der Waals surface area (Å²) in [6, 6.07) is 0. The Kier molecular flexibility index (Phi) is 11.2. The van der Waals surface area contributed by atoms with Gasteiger partial charge in [-0.15, -0.1) is 0 Å². The zero-order valence-corrected chi connectivity index (χ0v) is 17.0. The highest BCUT2D eigenvalue weighted by atomic mass is 16.5. The molecule has 0 unspecified atom stereocenters. The van der Waals surface area contributed by atoms with Crippen LogP contribution >= 0.6 is 0 Å². The molecule has 0 aromatic carbocycles. The number of rotatable bonds is 12. The standard InChI is InChI=1S/C22H36O5/c1-16(2)9-8-10-17(23)13-14-19-18(20(24)15-21(19)25)11-6-4-5-7-12-22(26)27-3/h9,13-14,17-19,21,23,25H,4-8,10-12,15H2,1-3H3/t17-,18-,19-,21-/m1/s1. The van der Waals surface area contributed by atoms with Gasteiger partial charge in [0.25, 0.3) is 0 Å². The van der Waals surface area contributed by atoms with Crippen molar-refractivity contribution in [3.63, 3.8) is 0 Å². The monoisotopic (exact) mass is 380 g/mol. The van der Waals surface area contributed by atoms with E-state index >= 15 is 0 Å². The van der Waals surface area contributed by atoms with Crippen LogP contribution in [0.2, 0.25) is 0 Å². The number of unbranched alkanes of at least 4 members (excludes halogenated alkanes) is 3. The lowest BCUT2D eigenvalue weighted by Gasteiger charge is -2.18. The Hall–Kier alpha value is -1.46. The van der Waals surface area contributed by atoms with E-state index in [0.29, 0.717) is 12.8 Å². The minimum absolute atomic E-state index is 0.116. The van der Waals surface area contributed by atoms with Crippen molar-refractivity contribution in [3.8, 4) is 0 Å². The summed E-state index contributed by atoms with van der Waals surface area (Å²) >= 11 is 0. The van der Waals surface area contributed by atoms with Gasteiger partial charge in [-0.1, -0.05) is 43.1 Å². The van der Waals surface area contributed by atoms with Gasteiger partial charge in [-0.3, -0.25) is 9.59 Å². The predicted molar refractivity (Wildman–Crippen MR) is 106 cm³/mol. The molecule has 1 saturated carbocycles. The molecule has 4 atom stereocenters. The van der Waals surface area contributed by atoms with E-state index in [1.54, 1.807) is 6.08 Å². The van der Waals surface area contributed by atoms with Gasteiger partial charge in [0.05, 0.1) is 19.3 Å². The van der Waals surface area contributed by atoms with Crippen molar-refractivity contribution in [1.82, 2.24) is 0 Å². The van der Waals surface area contributed by atoms with Crippen molar-refractivity contribution in [2.24, 2.45) is 11.8 Å². The van der Waals surface area contributed by atoms with E-state index in [1.807, 2.05) is 19.9 Å². The SMILES string of the molecule is COC(=O)CCCCCC[C@H]1C(=O)C[C@@H](O)[C@@H]1C=C[C@H](O)CCC=C(C)C. The molecule has 0 aliphatic heterocycles. The van der Waals surface area contributed by atoms with Gasteiger partial charge in [-0.2, -0.15) is 0 Å². The fourth-order valence-corrected chi connectivity index (χ4v) is 3.58. The Bertz CT molecular complexity index is 519. The van der Waals surface area contributed by atoms with E-state index in [-0.39, 0.29) is 30.0 Å². The quantitative estimate of drug-likeness (QED) is 0.306. The van der Waals surface area contributed by atoms with Crippen LogP contribution in [0.15, 0.2) is 23.8 Å². The first kappa shape index (κ1) is 23.6. The van der Waals surface area contributed by atoms with Crippen molar-refractivity contribution >= 4 is 11.8 Å². The van der Waals surface area contributed by atoms with Crippen LogP contribution in [-0.2, 0) is 14.3 Å². The van der Waals surface area contributed by atoms with E-state index in [4.69, 9.17) is 0 Å². The first-order chi connectivity index (χ1) is 12.8. The molecule has 1 fully saturated rings. The van der Waals surface area contributed by atoms with Crippen LogP contribution in [0.1, 0.15) is 71.6 Å². The summed E-state index contributed by atoms with van der Waals surface area (Å²) in [5, 5.41) is 20.3. The molecule has 0 aromatic rings. The second kappa shape index (κ2) is 12.8. The summed E-state index contributed by atoms with van der Waals surface area (Å²) in [4.78, 5) is 23.3. The number of Topliss-reactive ketones (excluding diaryl/α,β-unsaturated/α-hetero) is 1. The van der Waals surface area contributed by atoms with Crippen molar-refractivity contribution in [2.45, 2.75) is 83.8 Å². The average Bonchev–Trinajstić information content (AvgIpc) is 2.88. The maximum Gasteiger partial charge on any atom is 0.305 e. The number of aliphatic hydroxyl groups excluding tert-OH is 2. The lowest BCUT2D eigenvalue weighted by molar-refractivity contribution is -0.140. The maximum absolute atomic E-state index is 12.2. The summed E-state index contributed by atoms with van der Waals surface area (Å²) in [7, 11) is 1.39. The minimum atomic E-state index is -0.650. The number of ketones is 1. The second-order valence-electron chi connectivity index (χ2n) is 7.76. The smallest absolute Gasteiger partial charge is 0.305 e. The number of ether oxygens (including phenoxy) is 1. The molecule has 1 aliphatic rings. The highest BCUT2D eigenvalue weighted by Crippen LogP contribution is 2.34. The minimum Gasteiger partial charge on any atom is -0.469 e. The highest BCUT2D eigenvalue weighted by molar-refractivity contribution is 5.84. The van der Waals surface area contributed by atoms with E-state index in [9.17, 15) is 19.8 Å². The Morgan fingerprint density at radius 3 is 2.63 bits per heavy atom. The third kappa shape index (κ3) is 9.34. The van der Waals surface area contributed by atoms with Crippen LogP contribution in [0.4, 0.5) is 0 Å². The molecule has 1 aliphatic carbocycles. The summed E-state index contributed by atoms with van der Waals surface area (Å²) in [6.07, 6.45) is 10.9. The van der Waals surface area contributed by atoms with E-state index in [1.165, 1.54) is 12.7 Å². The highest BCUT2D eigenvalue weighted by Gasteiger charge is 2.39. The van der Waals surface area contributed by atoms with Crippen LogP contribution < -0.4 is 0 Å². The Morgan fingerprint density at radius 1 is 1.26 bits per heavy atom. The predicted octanol–water partition coefficient (Wildman–Crippen LogP) is 3.73. The molecule has 1 rings (SSSR count). The van der Waals surface area contributed by atoms with Gasteiger partial charge in [0.1, 0.15) is 5.78 Å². The van der Waals surface area contributed by atoms with Crippen LogP contribution in [-0.4, -0.2) is 41.3 Å². The number of aliphatic hydroxyl groups is 2. The van der Waals surface area contributed by atoms with Crippen LogP contribution in [0.5, 0.6) is 0 Å². The number of hydrogen-bond acceptors (Lipinski definition) is 5. The molecule has 0 heterocycles.